The Balaban J connectivity index is 1.37. The Hall–Kier alpha value is -2.32. The van der Waals surface area contributed by atoms with Crippen LogP contribution in [0.15, 0.2) is 18.2 Å². The van der Waals surface area contributed by atoms with Gasteiger partial charge in [0.05, 0.1) is 6.61 Å². The van der Waals surface area contributed by atoms with Crippen LogP contribution in [0.5, 0.6) is 11.5 Å². The maximum Gasteiger partial charge on any atom is 0.239 e. The van der Waals surface area contributed by atoms with Gasteiger partial charge in [-0.25, -0.2) is 0 Å². The van der Waals surface area contributed by atoms with E-state index in [1.165, 1.54) is 0 Å². The van der Waals surface area contributed by atoms with E-state index >= 15 is 0 Å². The molecule has 3 heterocycles. The third-order valence-corrected chi connectivity index (χ3v) is 5.64. The molecular formula is C20H27N3O5. The van der Waals surface area contributed by atoms with Gasteiger partial charge in [0, 0.05) is 58.1 Å². The average Bonchev–Trinajstić information content (AvgIpc) is 3.13. The van der Waals surface area contributed by atoms with E-state index in [9.17, 15) is 9.59 Å². The molecule has 8 nitrogen and oxygen atoms in total. The highest BCUT2D eigenvalue weighted by molar-refractivity contribution is 6.09. The van der Waals surface area contributed by atoms with Gasteiger partial charge in [0.25, 0.3) is 0 Å². The van der Waals surface area contributed by atoms with Crippen LogP contribution in [-0.4, -0.2) is 87.8 Å². The number of carbonyl (C=O) groups is 2. The summed E-state index contributed by atoms with van der Waals surface area (Å²) in [4.78, 5) is 31.7. The highest BCUT2D eigenvalue weighted by atomic mass is 16.6. The van der Waals surface area contributed by atoms with Gasteiger partial charge < -0.3 is 24.0 Å². The van der Waals surface area contributed by atoms with Crippen molar-refractivity contribution in [3.8, 4) is 11.5 Å². The molecule has 8 heteroatoms. The number of anilines is 1. The van der Waals surface area contributed by atoms with Gasteiger partial charge in [0.1, 0.15) is 19.1 Å². The van der Waals surface area contributed by atoms with Crippen LogP contribution in [0.4, 0.5) is 5.69 Å². The van der Waals surface area contributed by atoms with Gasteiger partial charge in [-0.15, -0.1) is 0 Å². The van der Waals surface area contributed by atoms with Crippen LogP contribution in [0.1, 0.15) is 6.42 Å². The second kappa shape index (κ2) is 8.36. The Morgan fingerprint density at radius 3 is 2.61 bits per heavy atom. The molecule has 2 saturated heterocycles. The summed E-state index contributed by atoms with van der Waals surface area (Å²) in [6, 6.07) is 5.51. The Kier molecular flexibility index (Phi) is 5.68. The van der Waals surface area contributed by atoms with Crippen molar-refractivity contribution in [2.45, 2.75) is 6.42 Å². The molecule has 0 bridgehead atoms. The molecule has 1 aromatic carbocycles. The number of fused-ring (bicyclic) bond motifs is 1. The zero-order valence-electron chi connectivity index (χ0n) is 16.3. The van der Waals surface area contributed by atoms with Gasteiger partial charge in [-0.3, -0.25) is 14.5 Å². The fourth-order valence-electron chi connectivity index (χ4n) is 4.00. The number of nitrogens with zero attached hydrogens (tertiary/aromatic N) is 3. The number of amides is 2. The first-order chi connectivity index (χ1) is 13.7. The van der Waals surface area contributed by atoms with Gasteiger partial charge in [0.2, 0.25) is 11.8 Å². The molecule has 28 heavy (non-hydrogen) atoms. The molecule has 3 aliphatic heterocycles. The lowest BCUT2D eigenvalue weighted by Gasteiger charge is -2.35. The van der Waals surface area contributed by atoms with Crippen molar-refractivity contribution in [2.75, 3.05) is 71.1 Å². The zero-order valence-corrected chi connectivity index (χ0v) is 16.3. The number of rotatable bonds is 5. The molecule has 3 aliphatic rings. The molecule has 0 radical (unpaired) electrons. The van der Waals surface area contributed by atoms with Crippen molar-refractivity contribution in [3.63, 3.8) is 0 Å². The van der Waals surface area contributed by atoms with E-state index in [2.05, 4.69) is 4.90 Å². The summed E-state index contributed by atoms with van der Waals surface area (Å²) in [5.74, 6) is 0.595. The van der Waals surface area contributed by atoms with Crippen molar-refractivity contribution >= 4 is 17.5 Å². The standard InChI is InChI=1S/C20H27N3O5/c1-26-11-10-21-6-8-22(9-7-21)19(24)16-4-5-23(20(16)25)15-2-3-17-18(14-15)28-13-12-27-17/h2-3,14,16H,4-13H2,1H3. The number of hydrogen-bond donors (Lipinski definition) is 0. The van der Waals surface area contributed by atoms with E-state index in [-0.39, 0.29) is 11.8 Å². The maximum atomic E-state index is 12.9. The van der Waals surface area contributed by atoms with Crippen LogP contribution < -0.4 is 14.4 Å². The van der Waals surface area contributed by atoms with Crippen molar-refractivity contribution in [3.05, 3.63) is 18.2 Å². The predicted molar refractivity (Wildman–Crippen MR) is 103 cm³/mol. The summed E-state index contributed by atoms with van der Waals surface area (Å²) in [5.41, 5.74) is 0.758. The lowest BCUT2D eigenvalue weighted by Crippen LogP contribution is -2.51. The quantitative estimate of drug-likeness (QED) is 0.687. The first-order valence-corrected chi connectivity index (χ1v) is 9.88. The summed E-state index contributed by atoms with van der Waals surface area (Å²) in [6.07, 6.45) is 0.552. The maximum absolute atomic E-state index is 12.9. The van der Waals surface area contributed by atoms with E-state index in [0.717, 1.165) is 25.3 Å². The molecule has 0 saturated carbocycles. The average molecular weight is 389 g/mol. The molecule has 4 rings (SSSR count). The molecule has 1 unspecified atom stereocenters. The minimum Gasteiger partial charge on any atom is -0.486 e. The van der Waals surface area contributed by atoms with E-state index in [1.807, 2.05) is 23.1 Å². The minimum atomic E-state index is -0.585. The predicted octanol–water partition coefficient (Wildman–Crippen LogP) is 0.601. The molecule has 152 valence electrons. The number of piperazine rings is 1. The fraction of sp³-hybridized carbons (Fsp3) is 0.600. The normalized spacial score (nSPS) is 22.6. The Morgan fingerprint density at radius 1 is 1.11 bits per heavy atom. The monoisotopic (exact) mass is 389 g/mol. The first kappa shape index (κ1) is 19.0. The lowest BCUT2D eigenvalue weighted by atomic mass is 10.1. The van der Waals surface area contributed by atoms with Crippen LogP contribution in [0, 0.1) is 5.92 Å². The largest absolute Gasteiger partial charge is 0.486 e. The molecular weight excluding hydrogens is 362 g/mol. The number of carbonyl (C=O) groups excluding carboxylic acids is 2. The molecule has 0 spiro atoms. The molecule has 0 aliphatic carbocycles. The molecule has 0 N–H and O–H groups in total. The molecule has 1 aromatic rings. The number of benzene rings is 1. The van der Waals surface area contributed by atoms with Gasteiger partial charge in [-0.05, 0) is 18.6 Å². The van der Waals surface area contributed by atoms with Gasteiger partial charge in [-0.2, -0.15) is 0 Å². The summed E-state index contributed by atoms with van der Waals surface area (Å²) >= 11 is 0. The van der Waals surface area contributed by atoms with Crippen molar-refractivity contribution in [2.24, 2.45) is 5.92 Å². The summed E-state index contributed by atoms with van der Waals surface area (Å²) in [6.45, 7) is 6.11. The Labute approximate surface area is 164 Å². The SMILES string of the molecule is COCCN1CCN(C(=O)C2CCN(c3ccc4c(c3)OCCO4)C2=O)CC1. The highest BCUT2D eigenvalue weighted by Crippen LogP contribution is 2.36. The highest BCUT2D eigenvalue weighted by Gasteiger charge is 2.40. The van der Waals surface area contributed by atoms with Crippen LogP contribution in [0.25, 0.3) is 0 Å². The smallest absolute Gasteiger partial charge is 0.239 e. The molecule has 1 atom stereocenters. The van der Waals surface area contributed by atoms with Crippen LogP contribution >= 0.6 is 0 Å². The Morgan fingerprint density at radius 2 is 1.86 bits per heavy atom. The summed E-state index contributed by atoms with van der Waals surface area (Å²) in [7, 11) is 1.69. The van der Waals surface area contributed by atoms with Gasteiger partial charge in [0.15, 0.2) is 11.5 Å². The van der Waals surface area contributed by atoms with Crippen LogP contribution in [0.2, 0.25) is 0 Å². The topological polar surface area (TPSA) is 71.6 Å². The fourth-order valence-corrected chi connectivity index (χ4v) is 4.00. The Bertz CT molecular complexity index is 733. The zero-order chi connectivity index (χ0) is 19.5. The molecule has 0 aromatic heterocycles. The molecule has 2 fully saturated rings. The van der Waals surface area contributed by atoms with Gasteiger partial charge >= 0.3 is 0 Å². The van der Waals surface area contributed by atoms with E-state index < -0.39 is 5.92 Å². The lowest BCUT2D eigenvalue weighted by molar-refractivity contribution is -0.141. The van der Waals surface area contributed by atoms with Crippen molar-refractivity contribution in [1.82, 2.24) is 9.80 Å². The second-order valence-corrected chi connectivity index (χ2v) is 7.32. The van der Waals surface area contributed by atoms with Crippen molar-refractivity contribution in [1.29, 1.82) is 0 Å². The number of hydrogen-bond acceptors (Lipinski definition) is 6. The minimum absolute atomic E-state index is 0.0450. The van der Waals surface area contributed by atoms with Crippen LogP contribution in [-0.2, 0) is 14.3 Å². The number of methoxy groups -OCH3 is 1. The van der Waals surface area contributed by atoms with Gasteiger partial charge in [-0.1, -0.05) is 0 Å². The number of ether oxygens (including phenoxy) is 3. The summed E-state index contributed by atoms with van der Waals surface area (Å²) < 4.78 is 16.3. The van der Waals surface area contributed by atoms with E-state index in [1.54, 1.807) is 12.0 Å². The molecule has 2 amide bonds. The summed E-state index contributed by atoms with van der Waals surface area (Å²) in [5, 5.41) is 0. The third-order valence-electron chi connectivity index (χ3n) is 5.64. The van der Waals surface area contributed by atoms with Crippen LogP contribution in [0.3, 0.4) is 0 Å². The third kappa shape index (κ3) is 3.79. The second-order valence-electron chi connectivity index (χ2n) is 7.32. The van der Waals surface area contributed by atoms with E-state index in [0.29, 0.717) is 57.4 Å². The van der Waals surface area contributed by atoms with E-state index in [4.69, 9.17) is 14.2 Å². The van der Waals surface area contributed by atoms with Crippen molar-refractivity contribution < 1.29 is 23.8 Å². The first-order valence-electron chi connectivity index (χ1n) is 9.88.